The van der Waals surface area contributed by atoms with Crippen LogP contribution in [0.4, 0.5) is 0 Å². The highest BCUT2D eigenvalue weighted by molar-refractivity contribution is 5.78. The van der Waals surface area contributed by atoms with Gasteiger partial charge < -0.3 is 10.0 Å². The molecule has 0 aromatic carbocycles. The number of rotatable bonds is 2. The van der Waals surface area contributed by atoms with Gasteiger partial charge in [0.05, 0.1) is 19.3 Å². The first-order chi connectivity index (χ1) is 6.25. The lowest BCUT2D eigenvalue weighted by Crippen LogP contribution is -2.46. The molecular weight excluding hydrogens is 172 g/mol. The van der Waals surface area contributed by atoms with Crippen LogP contribution < -0.4 is 0 Å². The molecule has 0 spiro atoms. The lowest BCUT2D eigenvalue weighted by Gasteiger charge is -2.31. The number of carbonyl (C=O) groups excluding carboxylic acids is 1. The van der Waals surface area contributed by atoms with Crippen molar-refractivity contribution < 1.29 is 14.7 Å². The number of β-amino-alcohol motifs (C(OH)–C–C–N with tert-alkyl or cyclic N) is 1. The lowest BCUT2D eigenvalue weighted by molar-refractivity contribution is -0.153. The van der Waals surface area contributed by atoms with Gasteiger partial charge in [-0.2, -0.15) is 5.06 Å². The van der Waals surface area contributed by atoms with E-state index in [0.29, 0.717) is 13.2 Å². The third kappa shape index (κ3) is 1.99. The molecule has 2 aliphatic heterocycles. The van der Waals surface area contributed by atoms with Crippen molar-refractivity contribution in [2.45, 2.75) is 12.5 Å². The Morgan fingerprint density at radius 2 is 2.31 bits per heavy atom. The topological polar surface area (TPSA) is 53.0 Å². The fraction of sp³-hybridized carbons (Fsp3) is 0.875. The fourth-order valence-corrected chi connectivity index (χ4v) is 1.46. The van der Waals surface area contributed by atoms with Gasteiger partial charge in [-0.15, -0.1) is 0 Å². The van der Waals surface area contributed by atoms with E-state index in [1.165, 1.54) is 5.06 Å². The van der Waals surface area contributed by atoms with Crippen LogP contribution in [0.5, 0.6) is 0 Å². The van der Waals surface area contributed by atoms with Crippen LogP contribution in [0.3, 0.4) is 0 Å². The minimum atomic E-state index is -0.441. The van der Waals surface area contributed by atoms with Crippen molar-refractivity contribution in [3.05, 3.63) is 0 Å². The largest absolute Gasteiger partial charge is 0.389 e. The summed E-state index contributed by atoms with van der Waals surface area (Å²) in [6.07, 6.45) is 0.666. The average molecular weight is 186 g/mol. The first kappa shape index (κ1) is 8.93. The van der Waals surface area contributed by atoms with Crippen LogP contribution in [-0.4, -0.2) is 59.9 Å². The molecule has 1 amide bonds. The zero-order valence-corrected chi connectivity index (χ0v) is 7.48. The van der Waals surface area contributed by atoms with Gasteiger partial charge in [0.15, 0.2) is 0 Å². The predicted molar refractivity (Wildman–Crippen MR) is 44.7 cm³/mol. The van der Waals surface area contributed by atoms with Crippen LogP contribution in [0, 0.1) is 0 Å². The van der Waals surface area contributed by atoms with Gasteiger partial charge in [-0.05, 0) is 6.42 Å². The second-order valence-corrected chi connectivity index (χ2v) is 3.51. The summed E-state index contributed by atoms with van der Waals surface area (Å²) in [5.74, 6) is 0.0975. The summed E-state index contributed by atoms with van der Waals surface area (Å²) in [6, 6.07) is 0. The maximum absolute atomic E-state index is 11.4. The molecule has 74 valence electrons. The number of aliphatic hydroxyl groups excluding tert-OH is 1. The maximum atomic E-state index is 11.4. The second-order valence-electron chi connectivity index (χ2n) is 3.51. The highest BCUT2D eigenvalue weighted by Gasteiger charge is 2.27. The van der Waals surface area contributed by atoms with Crippen LogP contribution >= 0.6 is 0 Å². The quantitative estimate of drug-likeness (QED) is 0.590. The molecule has 0 bridgehead atoms. The predicted octanol–water partition coefficient (Wildman–Crippen LogP) is -1.17. The van der Waals surface area contributed by atoms with E-state index in [1.54, 1.807) is 4.90 Å². The number of aliphatic hydroxyl groups is 1. The Balaban J connectivity index is 1.74. The zero-order valence-electron chi connectivity index (χ0n) is 7.48. The van der Waals surface area contributed by atoms with Gasteiger partial charge in [-0.3, -0.25) is 9.63 Å². The van der Waals surface area contributed by atoms with Crippen molar-refractivity contribution in [2.24, 2.45) is 0 Å². The zero-order chi connectivity index (χ0) is 9.26. The second kappa shape index (κ2) is 3.61. The first-order valence-corrected chi connectivity index (χ1v) is 4.59. The summed E-state index contributed by atoms with van der Waals surface area (Å²) in [7, 11) is 0. The fourth-order valence-electron chi connectivity index (χ4n) is 1.46. The van der Waals surface area contributed by atoms with Crippen molar-refractivity contribution in [3.8, 4) is 0 Å². The molecule has 2 fully saturated rings. The third-order valence-electron chi connectivity index (χ3n) is 2.38. The molecule has 5 heteroatoms. The van der Waals surface area contributed by atoms with E-state index in [9.17, 15) is 4.79 Å². The van der Waals surface area contributed by atoms with E-state index in [0.717, 1.165) is 19.5 Å². The smallest absolute Gasteiger partial charge is 0.239 e. The molecule has 2 heterocycles. The van der Waals surface area contributed by atoms with Gasteiger partial charge in [0, 0.05) is 13.1 Å². The Bertz CT molecular complexity index is 206. The molecule has 0 radical (unpaired) electrons. The van der Waals surface area contributed by atoms with Crippen molar-refractivity contribution in [1.29, 1.82) is 0 Å². The molecule has 0 aromatic heterocycles. The molecule has 0 aromatic rings. The Kier molecular flexibility index (Phi) is 2.48. The third-order valence-corrected chi connectivity index (χ3v) is 2.38. The van der Waals surface area contributed by atoms with E-state index in [1.807, 2.05) is 0 Å². The van der Waals surface area contributed by atoms with E-state index in [-0.39, 0.29) is 12.5 Å². The maximum Gasteiger partial charge on any atom is 0.239 e. The van der Waals surface area contributed by atoms with Gasteiger partial charge in [0.1, 0.15) is 6.54 Å². The Morgan fingerprint density at radius 1 is 1.54 bits per heavy atom. The lowest BCUT2D eigenvalue weighted by atomic mass is 10.2. The monoisotopic (exact) mass is 186 g/mol. The molecule has 2 aliphatic rings. The van der Waals surface area contributed by atoms with Crippen molar-refractivity contribution in [3.63, 3.8) is 0 Å². The molecule has 0 aliphatic carbocycles. The summed E-state index contributed by atoms with van der Waals surface area (Å²) >= 11 is 0. The minimum absolute atomic E-state index is 0.0975. The number of amides is 1. The molecule has 0 saturated carbocycles. The van der Waals surface area contributed by atoms with E-state index < -0.39 is 6.10 Å². The van der Waals surface area contributed by atoms with Crippen LogP contribution in [-0.2, 0) is 9.63 Å². The molecule has 2 rings (SSSR count). The Hall–Kier alpha value is -0.650. The number of carbonyl (C=O) groups is 1. The number of hydrogen-bond donors (Lipinski definition) is 1. The van der Waals surface area contributed by atoms with Gasteiger partial charge in [-0.25, -0.2) is 0 Å². The molecule has 1 N–H and O–H groups in total. The van der Waals surface area contributed by atoms with E-state index in [4.69, 9.17) is 9.94 Å². The summed E-state index contributed by atoms with van der Waals surface area (Å²) in [4.78, 5) is 18.3. The van der Waals surface area contributed by atoms with Crippen molar-refractivity contribution in [1.82, 2.24) is 9.96 Å². The highest BCUT2D eigenvalue weighted by Crippen LogP contribution is 2.09. The number of hydrogen-bond acceptors (Lipinski definition) is 4. The van der Waals surface area contributed by atoms with Crippen LogP contribution in [0.15, 0.2) is 0 Å². The summed E-state index contributed by atoms with van der Waals surface area (Å²) in [5, 5.41) is 10.7. The standard InChI is InChI=1S/C8H14N2O3/c11-7-4-10(13-6-7)5-8(12)9-2-1-3-9/h7,11H,1-6H2. The first-order valence-electron chi connectivity index (χ1n) is 4.59. The molecule has 13 heavy (non-hydrogen) atoms. The van der Waals surface area contributed by atoms with Gasteiger partial charge in [0.2, 0.25) is 5.91 Å². The Labute approximate surface area is 76.8 Å². The van der Waals surface area contributed by atoms with Crippen LogP contribution in [0.1, 0.15) is 6.42 Å². The number of likely N-dealkylation sites (tertiary alicyclic amines) is 1. The van der Waals surface area contributed by atoms with Crippen LogP contribution in [0.2, 0.25) is 0 Å². The van der Waals surface area contributed by atoms with Gasteiger partial charge in [-0.1, -0.05) is 0 Å². The van der Waals surface area contributed by atoms with E-state index in [2.05, 4.69) is 0 Å². The van der Waals surface area contributed by atoms with Gasteiger partial charge >= 0.3 is 0 Å². The summed E-state index contributed by atoms with van der Waals surface area (Å²) in [5.41, 5.74) is 0. The normalized spacial score (nSPS) is 29.0. The minimum Gasteiger partial charge on any atom is -0.389 e. The molecule has 5 nitrogen and oxygen atoms in total. The number of hydroxylamine groups is 2. The average Bonchev–Trinajstić information content (AvgIpc) is 2.31. The summed E-state index contributed by atoms with van der Waals surface area (Å²) < 4.78 is 0. The molecule has 2 saturated heterocycles. The SMILES string of the molecule is O=C(CN1CC(O)CO1)N1CCC1. The van der Waals surface area contributed by atoms with Gasteiger partial charge in [0.25, 0.3) is 0 Å². The van der Waals surface area contributed by atoms with E-state index >= 15 is 0 Å². The molecule has 1 atom stereocenters. The van der Waals surface area contributed by atoms with Crippen LogP contribution in [0.25, 0.3) is 0 Å². The highest BCUT2D eigenvalue weighted by atomic mass is 16.7. The van der Waals surface area contributed by atoms with Crippen molar-refractivity contribution >= 4 is 5.91 Å². The Morgan fingerprint density at radius 3 is 2.77 bits per heavy atom. The number of nitrogens with zero attached hydrogens (tertiary/aromatic N) is 2. The molecule has 1 unspecified atom stereocenters. The summed E-state index contributed by atoms with van der Waals surface area (Å²) in [6.45, 7) is 2.77. The van der Waals surface area contributed by atoms with Crippen molar-refractivity contribution in [2.75, 3.05) is 32.8 Å². The molecular formula is C8H14N2O3.